The van der Waals surface area contributed by atoms with Gasteiger partial charge in [0, 0.05) is 18.7 Å². The lowest BCUT2D eigenvalue weighted by Gasteiger charge is -2.22. The molecule has 3 nitrogen and oxygen atoms in total. The van der Waals surface area contributed by atoms with Crippen molar-refractivity contribution in [1.82, 2.24) is 4.90 Å². The molecule has 0 radical (unpaired) electrons. The second-order valence-electron chi connectivity index (χ2n) is 4.62. The van der Waals surface area contributed by atoms with E-state index in [0.29, 0.717) is 12.0 Å². The molecule has 1 unspecified atom stereocenters. The molecule has 0 spiro atoms. The quantitative estimate of drug-likeness (QED) is 0.527. The summed E-state index contributed by atoms with van der Waals surface area (Å²) < 4.78 is 4.67. The average molecular weight is 211 g/mol. The molecule has 3 heteroatoms. The van der Waals surface area contributed by atoms with E-state index in [1.807, 2.05) is 0 Å². The second-order valence-corrected chi connectivity index (χ2v) is 4.62. The van der Waals surface area contributed by atoms with Crippen LogP contribution in [0.2, 0.25) is 0 Å². The van der Waals surface area contributed by atoms with E-state index in [9.17, 15) is 4.79 Å². The van der Waals surface area contributed by atoms with Crippen LogP contribution >= 0.6 is 0 Å². The Morgan fingerprint density at radius 2 is 2.33 bits per heavy atom. The largest absolute Gasteiger partial charge is 0.466 e. The predicted molar refractivity (Wildman–Crippen MR) is 60.6 cm³/mol. The molecule has 0 aliphatic carbocycles. The summed E-state index contributed by atoms with van der Waals surface area (Å²) in [6, 6.07) is 0.420. The first kappa shape index (κ1) is 12.2. The van der Waals surface area contributed by atoms with Gasteiger partial charge in [-0.3, -0.25) is 4.90 Å². The maximum atomic E-state index is 11.2. The van der Waals surface area contributed by atoms with Gasteiger partial charge in [0.15, 0.2) is 0 Å². The van der Waals surface area contributed by atoms with Gasteiger partial charge < -0.3 is 4.74 Å². The molecule has 1 saturated heterocycles. The molecule has 0 aromatic carbocycles. The molecule has 0 aromatic rings. The Morgan fingerprint density at radius 3 is 2.87 bits per heavy atom. The predicted octanol–water partition coefficient (Wildman–Crippen LogP) is 1.84. The summed E-state index contributed by atoms with van der Waals surface area (Å²) in [6.45, 7) is 5.46. The van der Waals surface area contributed by atoms with Gasteiger partial charge in [-0.25, -0.2) is 4.79 Å². The third kappa shape index (κ3) is 3.34. The van der Waals surface area contributed by atoms with Crippen molar-refractivity contribution in [2.24, 2.45) is 5.92 Å². The first-order valence-corrected chi connectivity index (χ1v) is 5.53. The van der Waals surface area contributed by atoms with Crippen molar-refractivity contribution in [3.63, 3.8) is 0 Å². The fourth-order valence-electron chi connectivity index (χ4n) is 2.07. The summed E-state index contributed by atoms with van der Waals surface area (Å²) in [4.78, 5) is 13.5. The zero-order chi connectivity index (χ0) is 11.4. The molecular weight excluding hydrogens is 190 g/mol. The molecule has 1 heterocycles. The lowest BCUT2D eigenvalue weighted by atomic mass is 9.97. The van der Waals surface area contributed by atoms with Crippen LogP contribution in [0.3, 0.4) is 0 Å². The monoisotopic (exact) mass is 211 g/mol. The number of carbonyl (C=O) groups is 1. The minimum Gasteiger partial charge on any atom is -0.466 e. The third-order valence-electron chi connectivity index (χ3n) is 2.91. The van der Waals surface area contributed by atoms with E-state index in [1.165, 1.54) is 12.7 Å². The highest BCUT2D eigenvalue weighted by Crippen LogP contribution is 2.27. The van der Waals surface area contributed by atoms with Crippen molar-refractivity contribution in [3.8, 4) is 0 Å². The summed E-state index contributed by atoms with van der Waals surface area (Å²) in [6.07, 6.45) is 3.76. The SMILES string of the molecule is COC(=O)/C=C1\CCN(C)C1CC(C)C. The summed E-state index contributed by atoms with van der Waals surface area (Å²) in [5.74, 6) is 0.422. The standard InChI is InChI=1S/C12H21NO2/c1-9(2)7-11-10(5-6-13(11)3)8-12(14)15-4/h8-9,11H,5-7H2,1-4H3/b10-8+. The van der Waals surface area contributed by atoms with Crippen LogP contribution in [-0.4, -0.2) is 37.6 Å². The Morgan fingerprint density at radius 1 is 1.67 bits per heavy atom. The van der Waals surface area contributed by atoms with Crippen molar-refractivity contribution in [1.29, 1.82) is 0 Å². The molecule has 1 fully saturated rings. The number of nitrogens with zero attached hydrogens (tertiary/aromatic N) is 1. The Kier molecular flexibility index (Phi) is 4.33. The van der Waals surface area contributed by atoms with Crippen LogP contribution in [0, 0.1) is 5.92 Å². The fraction of sp³-hybridized carbons (Fsp3) is 0.750. The Bertz CT molecular complexity index is 258. The van der Waals surface area contributed by atoms with E-state index in [1.54, 1.807) is 6.08 Å². The van der Waals surface area contributed by atoms with Gasteiger partial charge in [0.25, 0.3) is 0 Å². The molecule has 15 heavy (non-hydrogen) atoms. The number of hydrogen-bond acceptors (Lipinski definition) is 3. The molecule has 1 rings (SSSR count). The maximum absolute atomic E-state index is 11.2. The molecule has 1 atom stereocenters. The van der Waals surface area contributed by atoms with Crippen LogP contribution in [0.5, 0.6) is 0 Å². The van der Waals surface area contributed by atoms with Crippen molar-refractivity contribution in [2.45, 2.75) is 32.7 Å². The van der Waals surface area contributed by atoms with E-state index in [2.05, 4.69) is 30.5 Å². The second kappa shape index (κ2) is 5.31. The fourth-order valence-corrected chi connectivity index (χ4v) is 2.07. The topological polar surface area (TPSA) is 29.5 Å². The highest BCUT2D eigenvalue weighted by molar-refractivity contribution is 5.83. The maximum Gasteiger partial charge on any atom is 0.330 e. The van der Waals surface area contributed by atoms with Gasteiger partial charge in [0.05, 0.1) is 7.11 Å². The van der Waals surface area contributed by atoms with Gasteiger partial charge in [0.2, 0.25) is 0 Å². The number of methoxy groups -OCH3 is 1. The van der Waals surface area contributed by atoms with Crippen LogP contribution < -0.4 is 0 Å². The minimum atomic E-state index is -0.228. The van der Waals surface area contributed by atoms with E-state index in [4.69, 9.17) is 0 Å². The van der Waals surface area contributed by atoms with E-state index in [-0.39, 0.29) is 5.97 Å². The highest BCUT2D eigenvalue weighted by Gasteiger charge is 2.27. The lowest BCUT2D eigenvalue weighted by Crippen LogP contribution is -2.27. The molecule has 0 amide bonds. The van der Waals surface area contributed by atoms with Crippen LogP contribution in [0.15, 0.2) is 11.6 Å². The van der Waals surface area contributed by atoms with E-state index < -0.39 is 0 Å². The summed E-state index contributed by atoms with van der Waals surface area (Å²) in [5, 5.41) is 0. The number of esters is 1. The number of rotatable bonds is 3. The van der Waals surface area contributed by atoms with Crippen LogP contribution in [0.1, 0.15) is 26.7 Å². The number of ether oxygens (including phenoxy) is 1. The molecule has 0 saturated carbocycles. The molecule has 0 N–H and O–H groups in total. The summed E-state index contributed by atoms with van der Waals surface area (Å²) >= 11 is 0. The zero-order valence-electron chi connectivity index (χ0n) is 10.1. The molecular formula is C12H21NO2. The molecule has 1 aliphatic rings. The normalized spacial score (nSPS) is 25.1. The zero-order valence-corrected chi connectivity index (χ0v) is 10.1. The minimum absolute atomic E-state index is 0.228. The summed E-state index contributed by atoms with van der Waals surface area (Å²) in [5.41, 5.74) is 1.22. The van der Waals surface area contributed by atoms with Gasteiger partial charge in [0.1, 0.15) is 0 Å². The van der Waals surface area contributed by atoms with E-state index >= 15 is 0 Å². The first-order valence-electron chi connectivity index (χ1n) is 5.53. The number of likely N-dealkylation sites (tertiary alicyclic amines) is 1. The third-order valence-corrected chi connectivity index (χ3v) is 2.91. The average Bonchev–Trinajstić information content (AvgIpc) is 2.49. The lowest BCUT2D eigenvalue weighted by molar-refractivity contribution is -0.134. The molecule has 1 aliphatic heterocycles. The highest BCUT2D eigenvalue weighted by atomic mass is 16.5. The first-order chi connectivity index (χ1) is 7.04. The number of hydrogen-bond donors (Lipinski definition) is 0. The summed E-state index contributed by atoms with van der Waals surface area (Å²) in [7, 11) is 3.54. The van der Waals surface area contributed by atoms with Crippen LogP contribution in [0.25, 0.3) is 0 Å². The van der Waals surface area contributed by atoms with E-state index in [0.717, 1.165) is 19.4 Å². The molecule has 86 valence electrons. The number of carbonyl (C=O) groups excluding carboxylic acids is 1. The van der Waals surface area contributed by atoms with Gasteiger partial charge in [-0.2, -0.15) is 0 Å². The molecule has 0 aromatic heterocycles. The van der Waals surface area contributed by atoms with Crippen molar-refractivity contribution >= 4 is 5.97 Å². The number of likely N-dealkylation sites (N-methyl/N-ethyl adjacent to an activating group) is 1. The van der Waals surface area contributed by atoms with Crippen LogP contribution in [-0.2, 0) is 9.53 Å². The van der Waals surface area contributed by atoms with Crippen molar-refractivity contribution in [2.75, 3.05) is 20.7 Å². The van der Waals surface area contributed by atoms with Gasteiger partial charge >= 0.3 is 5.97 Å². The van der Waals surface area contributed by atoms with Crippen molar-refractivity contribution in [3.05, 3.63) is 11.6 Å². The Labute approximate surface area is 92.1 Å². The van der Waals surface area contributed by atoms with Crippen LogP contribution in [0.4, 0.5) is 0 Å². The van der Waals surface area contributed by atoms with Gasteiger partial charge in [-0.1, -0.05) is 13.8 Å². The van der Waals surface area contributed by atoms with Gasteiger partial charge in [-0.15, -0.1) is 0 Å². The molecule has 0 bridgehead atoms. The smallest absolute Gasteiger partial charge is 0.330 e. The van der Waals surface area contributed by atoms with Crippen molar-refractivity contribution < 1.29 is 9.53 Å². The van der Waals surface area contributed by atoms with Gasteiger partial charge in [-0.05, 0) is 31.4 Å². The Hall–Kier alpha value is -0.830. The Balaban J connectivity index is 2.71.